The van der Waals surface area contributed by atoms with Crippen molar-refractivity contribution in [1.82, 2.24) is 0 Å². The van der Waals surface area contributed by atoms with Crippen LogP contribution in [0.5, 0.6) is 17.2 Å². The lowest BCUT2D eigenvalue weighted by Gasteiger charge is -2.30. The number of rotatable bonds is 13. The number of nitro groups is 1. The predicted octanol–water partition coefficient (Wildman–Crippen LogP) is 2.61. The van der Waals surface area contributed by atoms with Gasteiger partial charge in [-0.1, -0.05) is 12.1 Å². The van der Waals surface area contributed by atoms with Crippen LogP contribution in [-0.2, 0) is 17.8 Å². The molecule has 0 saturated carbocycles. The normalized spacial score (nSPS) is 12.2. The highest BCUT2D eigenvalue weighted by Crippen LogP contribution is 2.35. The highest BCUT2D eigenvalue weighted by molar-refractivity contribution is 5.73. The van der Waals surface area contributed by atoms with E-state index >= 15 is 0 Å². The van der Waals surface area contributed by atoms with Crippen molar-refractivity contribution >= 4 is 11.7 Å². The SMILES string of the molecule is COc1cc(C[N+](C)(C)CCCOc2ccc(C[C@H](N)C(=O)O)cc2)c([N+](=O)[O-])cc1OC. The first-order valence-corrected chi connectivity index (χ1v) is 10.5. The van der Waals surface area contributed by atoms with Crippen molar-refractivity contribution in [3.63, 3.8) is 0 Å². The standard InChI is InChI=1S/C23H31N3O7/c1-26(2,15-17-13-21(31-3)22(32-4)14-20(17)25(29)30)10-5-11-33-18-8-6-16(7-9-18)12-19(24)23(27)28/h6-9,13-14,19H,5,10-12,15,24H2,1-4H3/p+1/t19-/m0/s1. The fourth-order valence-electron chi connectivity index (χ4n) is 3.49. The molecule has 0 bridgehead atoms. The molecule has 1 atom stereocenters. The van der Waals surface area contributed by atoms with Crippen molar-refractivity contribution in [2.24, 2.45) is 5.73 Å². The number of benzene rings is 2. The maximum atomic E-state index is 11.6. The van der Waals surface area contributed by atoms with Gasteiger partial charge in [-0.2, -0.15) is 0 Å². The summed E-state index contributed by atoms with van der Waals surface area (Å²) in [6.07, 6.45) is 0.989. The lowest BCUT2D eigenvalue weighted by atomic mass is 10.1. The van der Waals surface area contributed by atoms with Crippen LogP contribution in [0.4, 0.5) is 5.69 Å². The molecule has 0 amide bonds. The number of hydrogen-bond donors (Lipinski definition) is 2. The fourth-order valence-corrected chi connectivity index (χ4v) is 3.49. The molecule has 10 nitrogen and oxygen atoms in total. The molecule has 0 aliphatic rings. The Balaban J connectivity index is 1.93. The molecule has 0 radical (unpaired) electrons. The molecule has 0 heterocycles. The second-order valence-corrected chi connectivity index (χ2v) is 8.41. The van der Waals surface area contributed by atoms with Crippen molar-refractivity contribution in [1.29, 1.82) is 0 Å². The van der Waals surface area contributed by atoms with Crippen LogP contribution in [0, 0.1) is 10.1 Å². The van der Waals surface area contributed by atoms with Gasteiger partial charge in [0.15, 0.2) is 11.5 Å². The Morgan fingerprint density at radius 1 is 1.15 bits per heavy atom. The smallest absolute Gasteiger partial charge is 0.320 e. The monoisotopic (exact) mass is 462 g/mol. The maximum Gasteiger partial charge on any atom is 0.320 e. The Morgan fingerprint density at radius 3 is 2.30 bits per heavy atom. The summed E-state index contributed by atoms with van der Waals surface area (Å²) in [4.78, 5) is 22.0. The number of methoxy groups -OCH3 is 2. The fraction of sp³-hybridized carbons (Fsp3) is 0.435. The van der Waals surface area contributed by atoms with Crippen molar-refractivity contribution in [2.75, 3.05) is 41.5 Å². The highest BCUT2D eigenvalue weighted by Gasteiger charge is 2.26. The van der Waals surface area contributed by atoms with Crippen LogP contribution in [0.25, 0.3) is 0 Å². The first-order chi connectivity index (χ1) is 15.6. The molecule has 10 heteroatoms. The number of nitrogens with two attached hydrogens (primary N) is 1. The van der Waals surface area contributed by atoms with Crippen LogP contribution in [0.15, 0.2) is 36.4 Å². The van der Waals surface area contributed by atoms with Crippen molar-refractivity contribution < 1.29 is 33.5 Å². The first-order valence-electron chi connectivity index (χ1n) is 10.5. The summed E-state index contributed by atoms with van der Waals surface area (Å²) in [7, 11) is 6.94. The molecule has 2 aromatic rings. The van der Waals surface area contributed by atoms with E-state index in [1.54, 1.807) is 30.3 Å². The Bertz CT molecular complexity index is 961. The summed E-state index contributed by atoms with van der Waals surface area (Å²) in [5.74, 6) is 0.426. The third-order valence-electron chi connectivity index (χ3n) is 5.25. The second-order valence-electron chi connectivity index (χ2n) is 8.41. The zero-order chi connectivity index (χ0) is 24.6. The largest absolute Gasteiger partial charge is 0.493 e. The van der Waals surface area contributed by atoms with E-state index in [0.717, 1.165) is 18.5 Å². The molecule has 0 unspecified atom stereocenters. The molecular weight excluding hydrogens is 430 g/mol. The summed E-state index contributed by atoms with van der Waals surface area (Å²) >= 11 is 0. The number of nitrogens with zero attached hydrogens (tertiary/aromatic N) is 2. The number of aliphatic carboxylic acids is 1. The quantitative estimate of drug-likeness (QED) is 0.201. The predicted molar refractivity (Wildman–Crippen MR) is 123 cm³/mol. The molecule has 2 rings (SSSR count). The number of quaternary nitrogens is 1. The average Bonchev–Trinajstić information content (AvgIpc) is 2.76. The number of carboxylic acid groups (broad SMARTS) is 1. The lowest BCUT2D eigenvalue weighted by molar-refractivity contribution is -0.903. The van der Waals surface area contributed by atoms with E-state index in [9.17, 15) is 14.9 Å². The Hall–Kier alpha value is -3.37. The van der Waals surface area contributed by atoms with Gasteiger partial charge in [-0.15, -0.1) is 0 Å². The van der Waals surface area contributed by atoms with Crippen LogP contribution in [0.2, 0.25) is 0 Å². The second kappa shape index (κ2) is 11.5. The van der Waals surface area contributed by atoms with Gasteiger partial charge in [-0.3, -0.25) is 14.9 Å². The zero-order valence-electron chi connectivity index (χ0n) is 19.4. The summed E-state index contributed by atoms with van der Waals surface area (Å²) in [6.45, 7) is 1.65. The molecular formula is C23H32N3O7+. The van der Waals surface area contributed by atoms with E-state index in [1.807, 2.05) is 14.1 Å². The molecule has 0 fully saturated rings. The van der Waals surface area contributed by atoms with Crippen molar-refractivity contribution in [3.05, 3.63) is 57.6 Å². The number of nitro benzene ring substituents is 1. The van der Waals surface area contributed by atoms with Gasteiger partial charge in [0.1, 0.15) is 18.3 Å². The van der Waals surface area contributed by atoms with Gasteiger partial charge in [0.05, 0.1) is 58.0 Å². The van der Waals surface area contributed by atoms with Gasteiger partial charge < -0.3 is 29.5 Å². The molecule has 2 aromatic carbocycles. The van der Waals surface area contributed by atoms with Crippen LogP contribution < -0.4 is 19.9 Å². The van der Waals surface area contributed by atoms with E-state index in [1.165, 1.54) is 20.3 Å². The van der Waals surface area contributed by atoms with Gasteiger partial charge in [0.2, 0.25) is 0 Å². The van der Waals surface area contributed by atoms with E-state index in [0.29, 0.717) is 40.4 Å². The Kier molecular flexibility index (Phi) is 9.01. The van der Waals surface area contributed by atoms with Crippen LogP contribution in [-0.4, -0.2) is 68.0 Å². The van der Waals surface area contributed by atoms with E-state index in [4.69, 9.17) is 25.1 Å². The number of carboxylic acids is 1. The number of ether oxygens (including phenoxy) is 3. The molecule has 3 N–H and O–H groups in total. The van der Waals surface area contributed by atoms with Crippen molar-refractivity contribution in [2.45, 2.75) is 25.4 Å². The molecule has 0 saturated heterocycles. The van der Waals surface area contributed by atoms with E-state index in [-0.39, 0.29) is 12.1 Å². The topological polar surface area (TPSA) is 134 Å². The van der Waals surface area contributed by atoms with Gasteiger partial charge in [0.25, 0.3) is 5.69 Å². The first kappa shape index (κ1) is 25.9. The van der Waals surface area contributed by atoms with Crippen molar-refractivity contribution in [3.8, 4) is 17.2 Å². The average molecular weight is 463 g/mol. The Labute approximate surface area is 193 Å². The molecule has 0 spiro atoms. The molecule has 0 aliphatic carbocycles. The summed E-state index contributed by atoms with van der Waals surface area (Å²) in [6, 6.07) is 9.30. The molecule has 180 valence electrons. The Morgan fingerprint density at radius 2 is 1.76 bits per heavy atom. The van der Waals surface area contributed by atoms with Crippen LogP contribution >= 0.6 is 0 Å². The number of carbonyl (C=O) groups is 1. The van der Waals surface area contributed by atoms with Crippen LogP contribution in [0.3, 0.4) is 0 Å². The third-order valence-corrected chi connectivity index (χ3v) is 5.25. The maximum absolute atomic E-state index is 11.6. The minimum absolute atomic E-state index is 0.00203. The minimum atomic E-state index is -1.03. The van der Waals surface area contributed by atoms with E-state index < -0.39 is 16.9 Å². The summed E-state index contributed by atoms with van der Waals surface area (Å²) in [5.41, 5.74) is 6.95. The lowest BCUT2D eigenvalue weighted by Crippen LogP contribution is -2.40. The van der Waals surface area contributed by atoms with Crippen LogP contribution in [0.1, 0.15) is 17.5 Å². The van der Waals surface area contributed by atoms with Gasteiger partial charge in [0, 0.05) is 6.42 Å². The number of hydrogen-bond acceptors (Lipinski definition) is 7. The molecule has 33 heavy (non-hydrogen) atoms. The third kappa shape index (κ3) is 7.62. The highest BCUT2D eigenvalue weighted by atomic mass is 16.6. The minimum Gasteiger partial charge on any atom is -0.493 e. The summed E-state index contributed by atoms with van der Waals surface area (Å²) in [5, 5.41) is 20.5. The van der Waals surface area contributed by atoms with E-state index in [2.05, 4.69) is 0 Å². The van der Waals surface area contributed by atoms with Gasteiger partial charge >= 0.3 is 5.97 Å². The molecule has 0 aliphatic heterocycles. The zero-order valence-corrected chi connectivity index (χ0v) is 19.4. The molecule has 0 aromatic heterocycles. The summed E-state index contributed by atoms with van der Waals surface area (Å²) < 4.78 is 16.8. The van der Waals surface area contributed by atoms with Gasteiger partial charge in [-0.25, -0.2) is 0 Å². The van der Waals surface area contributed by atoms with Gasteiger partial charge in [-0.05, 0) is 30.2 Å².